The van der Waals surface area contributed by atoms with Gasteiger partial charge in [-0.2, -0.15) is 13.2 Å². The third-order valence-corrected chi connectivity index (χ3v) is 5.91. The lowest BCUT2D eigenvalue weighted by Crippen LogP contribution is -2.42. The summed E-state index contributed by atoms with van der Waals surface area (Å²) < 4.78 is 44.3. The first-order chi connectivity index (χ1) is 13.9. The molecule has 0 N–H and O–H groups in total. The van der Waals surface area contributed by atoms with Crippen LogP contribution in [0, 0.1) is 5.92 Å². The van der Waals surface area contributed by atoms with Crippen molar-refractivity contribution in [3.8, 4) is 16.9 Å². The number of likely N-dealkylation sites (tertiary alicyclic amines) is 1. The van der Waals surface area contributed by atoms with Crippen LogP contribution in [0.1, 0.15) is 42.5 Å². The molecule has 0 bridgehead atoms. The first kappa shape index (κ1) is 19.8. The highest BCUT2D eigenvalue weighted by Crippen LogP contribution is 2.38. The number of benzene rings is 2. The third kappa shape index (κ3) is 4.41. The molecule has 3 nitrogen and oxygen atoms in total. The molecule has 1 aliphatic carbocycles. The monoisotopic (exact) mass is 403 g/mol. The van der Waals surface area contributed by atoms with E-state index in [0.29, 0.717) is 24.2 Å². The maximum atomic E-state index is 12.8. The molecule has 1 saturated carbocycles. The van der Waals surface area contributed by atoms with Crippen molar-refractivity contribution < 1.29 is 22.7 Å². The normalized spacial score (nSPS) is 22.1. The topological polar surface area (TPSA) is 29.5 Å². The molecule has 0 spiro atoms. The van der Waals surface area contributed by atoms with Crippen molar-refractivity contribution in [2.75, 3.05) is 13.1 Å². The maximum absolute atomic E-state index is 12.8. The summed E-state index contributed by atoms with van der Waals surface area (Å²) in [4.78, 5) is 14.5. The molecule has 0 atom stereocenters. The minimum Gasteiger partial charge on any atom is -0.490 e. The Balaban J connectivity index is 1.42. The number of nitrogens with zero attached hydrogens (tertiary/aromatic N) is 1. The van der Waals surface area contributed by atoms with E-state index in [1.54, 1.807) is 0 Å². The quantitative estimate of drug-likeness (QED) is 0.655. The zero-order valence-corrected chi connectivity index (χ0v) is 16.1. The lowest BCUT2D eigenvalue weighted by atomic mass is 9.87. The number of carbonyl (C=O) groups is 1. The molecule has 154 valence electrons. The second-order valence-corrected chi connectivity index (χ2v) is 7.85. The molecule has 29 heavy (non-hydrogen) atoms. The summed E-state index contributed by atoms with van der Waals surface area (Å²) in [6, 6.07) is 15.0. The van der Waals surface area contributed by atoms with Gasteiger partial charge in [0.25, 0.3) is 5.91 Å². The number of rotatable bonds is 4. The zero-order valence-electron chi connectivity index (χ0n) is 16.1. The fraction of sp³-hybridized carbons (Fsp3) is 0.435. The van der Waals surface area contributed by atoms with Gasteiger partial charge in [0, 0.05) is 18.7 Å². The number of hydrogen-bond donors (Lipinski definition) is 0. The Labute approximate surface area is 168 Å². The first-order valence-electron chi connectivity index (χ1n) is 10.1. The summed E-state index contributed by atoms with van der Waals surface area (Å²) in [5.74, 6) is -0.505. The van der Waals surface area contributed by atoms with E-state index in [1.165, 1.54) is 0 Å². The summed E-state index contributed by atoms with van der Waals surface area (Å²) >= 11 is 0. The van der Waals surface area contributed by atoms with Crippen molar-refractivity contribution >= 4 is 5.91 Å². The summed E-state index contributed by atoms with van der Waals surface area (Å²) in [6.45, 7) is 1.60. The number of hydrogen-bond acceptors (Lipinski definition) is 2. The predicted octanol–water partition coefficient (Wildman–Crippen LogP) is 5.70. The first-order valence-corrected chi connectivity index (χ1v) is 10.1. The average molecular weight is 403 g/mol. The van der Waals surface area contributed by atoms with Crippen molar-refractivity contribution in [1.82, 2.24) is 4.90 Å². The Morgan fingerprint density at radius 1 is 0.931 bits per heavy atom. The van der Waals surface area contributed by atoms with Gasteiger partial charge in [-0.05, 0) is 61.4 Å². The minimum absolute atomic E-state index is 0.0496. The molecule has 1 amide bonds. The smallest absolute Gasteiger partial charge is 0.391 e. The van der Waals surface area contributed by atoms with Crippen molar-refractivity contribution in [3.63, 3.8) is 0 Å². The SMILES string of the molecule is O=C(c1ccccc1-c1ccc(OC2CCC(C(F)(F)F)CC2)cc1)N1CCC1. The zero-order chi connectivity index (χ0) is 20.4. The van der Waals surface area contributed by atoms with E-state index in [4.69, 9.17) is 4.74 Å². The number of halogens is 3. The fourth-order valence-electron chi connectivity index (χ4n) is 4.02. The van der Waals surface area contributed by atoms with Gasteiger partial charge >= 0.3 is 6.18 Å². The van der Waals surface area contributed by atoms with E-state index >= 15 is 0 Å². The number of carbonyl (C=O) groups excluding carboxylic acids is 1. The molecule has 0 unspecified atom stereocenters. The van der Waals surface area contributed by atoms with Crippen LogP contribution < -0.4 is 4.74 Å². The van der Waals surface area contributed by atoms with Crippen molar-refractivity contribution in [2.45, 2.75) is 44.4 Å². The van der Waals surface area contributed by atoms with Crippen LogP contribution in [-0.2, 0) is 0 Å². The maximum Gasteiger partial charge on any atom is 0.391 e. The fourth-order valence-corrected chi connectivity index (χ4v) is 4.02. The van der Waals surface area contributed by atoms with E-state index < -0.39 is 12.1 Å². The third-order valence-electron chi connectivity index (χ3n) is 5.91. The van der Waals surface area contributed by atoms with Gasteiger partial charge in [-0.3, -0.25) is 4.79 Å². The van der Waals surface area contributed by atoms with Gasteiger partial charge in [0.2, 0.25) is 0 Å². The molecule has 4 rings (SSSR count). The molecule has 1 saturated heterocycles. The highest BCUT2D eigenvalue weighted by molar-refractivity contribution is 6.01. The molecule has 2 aromatic carbocycles. The Hall–Kier alpha value is -2.50. The molecule has 2 aromatic rings. The molecule has 2 aliphatic rings. The molecular weight excluding hydrogens is 379 g/mol. The predicted molar refractivity (Wildman–Crippen MR) is 105 cm³/mol. The highest BCUT2D eigenvalue weighted by atomic mass is 19.4. The standard InChI is InChI=1S/C23H24F3NO2/c24-23(25,26)17-8-12-19(13-9-17)29-18-10-6-16(7-11-18)20-4-1-2-5-21(20)22(28)27-14-3-15-27/h1-2,4-7,10-11,17,19H,3,8-9,12-15H2. The van der Waals surface area contributed by atoms with Crippen molar-refractivity contribution in [3.05, 3.63) is 54.1 Å². The molecule has 0 aromatic heterocycles. The minimum atomic E-state index is -4.10. The summed E-state index contributed by atoms with van der Waals surface area (Å²) in [5.41, 5.74) is 2.48. The van der Waals surface area contributed by atoms with Crippen LogP contribution in [-0.4, -0.2) is 36.2 Å². The van der Waals surface area contributed by atoms with Crippen LogP contribution in [0.3, 0.4) is 0 Å². The Morgan fingerprint density at radius 3 is 2.17 bits per heavy atom. The van der Waals surface area contributed by atoms with Gasteiger partial charge in [0.05, 0.1) is 12.0 Å². The van der Waals surface area contributed by atoms with Crippen LogP contribution in [0.25, 0.3) is 11.1 Å². The van der Waals surface area contributed by atoms with E-state index in [2.05, 4.69) is 0 Å². The number of alkyl halides is 3. The van der Waals surface area contributed by atoms with Crippen LogP contribution in [0.5, 0.6) is 5.75 Å². The van der Waals surface area contributed by atoms with Crippen LogP contribution in [0.2, 0.25) is 0 Å². The molecule has 1 heterocycles. The Kier molecular flexibility index (Phi) is 5.52. The van der Waals surface area contributed by atoms with Crippen LogP contribution in [0.15, 0.2) is 48.5 Å². The van der Waals surface area contributed by atoms with E-state index in [9.17, 15) is 18.0 Å². The molecule has 6 heteroatoms. The van der Waals surface area contributed by atoms with Gasteiger partial charge in [-0.25, -0.2) is 0 Å². The van der Waals surface area contributed by atoms with Gasteiger partial charge in [-0.1, -0.05) is 30.3 Å². The lowest BCUT2D eigenvalue weighted by molar-refractivity contribution is -0.185. The Bertz CT molecular complexity index is 851. The van der Waals surface area contributed by atoms with Gasteiger partial charge < -0.3 is 9.64 Å². The van der Waals surface area contributed by atoms with Crippen molar-refractivity contribution in [2.24, 2.45) is 5.92 Å². The van der Waals surface area contributed by atoms with Crippen molar-refractivity contribution in [1.29, 1.82) is 0 Å². The Morgan fingerprint density at radius 2 is 1.59 bits per heavy atom. The van der Waals surface area contributed by atoms with Crippen LogP contribution >= 0.6 is 0 Å². The van der Waals surface area contributed by atoms with Gasteiger partial charge in [0.1, 0.15) is 5.75 Å². The van der Waals surface area contributed by atoms with Gasteiger partial charge in [-0.15, -0.1) is 0 Å². The number of amides is 1. The summed E-state index contributed by atoms with van der Waals surface area (Å²) in [5, 5.41) is 0. The van der Waals surface area contributed by atoms with E-state index in [1.807, 2.05) is 53.4 Å². The average Bonchev–Trinajstić information content (AvgIpc) is 2.67. The van der Waals surface area contributed by atoms with Gasteiger partial charge in [0.15, 0.2) is 0 Å². The molecular formula is C23H24F3NO2. The molecule has 0 radical (unpaired) electrons. The molecule has 1 aliphatic heterocycles. The largest absolute Gasteiger partial charge is 0.490 e. The lowest BCUT2D eigenvalue weighted by Gasteiger charge is -2.31. The van der Waals surface area contributed by atoms with E-state index in [0.717, 1.165) is 30.6 Å². The number of ether oxygens (including phenoxy) is 1. The van der Waals surface area contributed by atoms with Crippen LogP contribution in [0.4, 0.5) is 13.2 Å². The second-order valence-electron chi connectivity index (χ2n) is 7.85. The second kappa shape index (κ2) is 8.09. The van der Waals surface area contributed by atoms with E-state index in [-0.39, 0.29) is 24.9 Å². The summed E-state index contributed by atoms with van der Waals surface area (Å²) in [6.07, 6.45) is -2.16. The highest BCUT2D eigenvalue weighted by Gasteiger charge is 2.41. The molecule has 2 fully saturated rings. The summed E-state index contributed by atoms with van der Waals surface area (Å²) in [7, 11) is 0.